The molecule has 0 radical (unpaired) electrons. The van der Waals surface area contributed by atoms with E-state index in [0.717, 1.165) is 34.0 Å². The van der Waals surface area contributed by atoms with Crippen LogP contribution < -0.4 is 4.74 Å². The van der Waals surface area contributed by atoms with Crippen LogP contribution in [0.25, 0.3) is 5.69 Å². The van der Waals surface area contributed by atoms with E-state index in [1.807, 2.05) is 58.2 Å². The third-order valence-electron chi connectivity index (χ3n) is 5.48. The van der Waals surface area contributed by atoms with E-state index in [1.165, 1.54) is 0 Å². The van der Waals surface area contributed by atoms with Gasteiger partial charge in [0.25, 0.3) is 0 Å². The first-order valence-electron chi connectivity index (χ1n) is 9.63. The molecule has 0 fully saturated rings. The number of halogens is 2. The molecule has 158 valence electrons. The Morgan fingerprint density at radius 1 is 1.17 bits per heavy atom. The van der Waals surface area contributed by atoms with Gasteiger partial charge in [-0.15, -0.1) is 0 Å². The summed E-state index contributed by atoms with van der Waals surface area (Å²) in [7, 11) is 3.45. The van der Waals surface area contributed by atoms with E-state index in [4.69, 9.17) is 27.9 Å². The first-order chi connectivity index (χ1) is 14.2. The highest BCUT2D eigenvalue weighted by molar-refractivity contribution is 6.42. The Labute approximate surface area is 187 Å². The number of nitrogens with zero attached hydrogens (tertiary/aromatic N) is 3. The Morgan fingerprint density at radius 3 is 2.53 bits per heavy atom. The van der Waals surface area contributed by atoms with Gasteiger partial charge in [-0.2, -0.15) is 5.10 Å². The van der Waals surface area contributed by atoms with Crippen LogP contribution in [0.3, 0.4) is 0 Å². The summed E-state index contributed by atoms with van der Waals surface area (Å²) in [6.07, 6.45) is 0.259. The molecule has 0 saturated heterocycles. The fraction of sp³-hybridized carbons (Fsp3) is 0.304. The molecule has 0 saturated carbocycles. The van der Waals surface area contributed by atoms with Gasteiger partial charge in [0.1, 0.15) is 5.75 Å². The number of hydrogen-bond acceptors (Lipinski definition) is 3. The number of amides is 1. The van der Waals surface area contributed by atoms with Crippen LogP contribution in [0.5, 0.6) is 5.75 Å². The summed E-state index contributed by atoms with van der Waals surface area (Å²) >= 11 is 12.2. The second-order valence-corrected chi connectivity index (χ2v) is 8.07. The Balaban J connectivity index is 1.84. The lowest BCUT2D eigenvalue weighted by Gasteiger charge is -2.26. The number of benzene rings is 2. The molecule has 0 aliphatic rings. The van der Waals surface area contributed by atoms with E-state index in [1.54, 1.807) is 28.8 Å². The summed E-state index contributed by atoms with van der Waals surface area (Å²) < 4.78 is 7.25. The standard InChI is InChI=1S/C23H25Cl2N3O2/c1-14-19(16(3)28(26-14)17-10-11-20(24)21(25)12-17)13-23(29)27(4)15(2)18-8-6-7-9-22(18)30-5/h6-12,15H,13H2,1-5H3. The number of carbonyl (C=O) groups is 1. The van der Waals surface area contributed by atoms with Crippen LogP contribution >= 0.6 is 23.2 Å². The first kappa shape index (κ1) is 22.2. The minimum atomic E-state index is -0.126. The SMILES string of the molecule is COc1ccccc1C(C)N(C)C(=O)Cc1c(C)nn(-c2ccc(Cl)c(Cl)c2)c1C. The molecule has 1 unspecified atom stereocenters. The van der Waals surface area contributed by atoms with E-state index >= 15 is 0 Å². The Morgan fingerprint density at radius 2 is 1.87 bits per heavy atom. The molecule has 2 aromatic carbocycles. The van der Waals surface area contributed by atoms with Gasteiger partial charge < -0.3 is 9.64 Å². The lowest BCUT2D eigenvalue weighted by molar-refractivity contribution is -0.131. The number of aromatic nitrogens is 2. The predicted octanol–water partition coefficient (Wildman–Crippen LogP) is 5.57. The smallest absolute Gasteiger partial charge is 0.227 e. The number of para-hydroxylation sites is 1. The molecular formula is C23H25Cl2N3O2. The van der Waals surface area contributed by atoms with E-state index < -0.39 is 0 Å². The molecular weight excluding hydrogens is 421 g/mol. The highest BCUT2D eigenvalue weighted by atomic mass is 35.5. The molecule has 3 aromatic rings. The second kappa shape index (κ2) is 9.11. The average Bonchev–Trinajstić information content (AvgIpc) is 3.02. The number of ether oxygens (including phenoxy) is 1. The minimum absolute atomic E-state index is 0.00768. The third kappa shape index (κ3) is 4.32. The monoisotopic (exact) mass is 445 g/mol. The molecule has 1 heterocycles. The van der Waals surface area contributed by atoms with Gasteiger partial charge in [-0.3, -0.25) is 4.79 Å². The molecule has 0 bridgehead atoms. The van der Waals surface area contributed by atoms with Gasteiger partial charge in [0.2, 0.25) is 5.91 Å². The molecule has 5 nitrogen and oxygen atoms in total. The molecule has 1 amide bonds. The predicted molar refractivity (Wildman–Crippen MR) is 121 cm³/mol. The molecule has 1 atom stereocenters. The van der Waals surface area contributed by atoms with Crippen molar-refractivity contribution >= 4 is 29.1 Å². The Hall–Kier alpha value is -2.50. The molecule has 30 heavy (non-hydrogen) atoms. The lowest BCUT2D eigenvalue weighted by atomic mass is 10.0. The van der Waals surface area contributed by atoms with Crippen LogP contribution in [0.2, 0.25) is 10.0 Å². The summed E-state index contributed by atoms with van der Waals surface area (Å²) in [6, 6.07) is 13.0. The first-order valence-corrected chi connectivity index (χ1v) is 10.4. The largest absolute Gasteiger partial charge is 0.496 e. The maximum absolute atomic E-state index is 13.1. The molecule has 0 N–H and O–H groups in total. The van der Waals surface area contributed by atoms with Crippen LogP contribution in [0.1, 0.15) is 35.5 Å². The van der Waals surface area contributed by atoms with Crippen molar-refractivity contribution in [1.82, 2.24) is 14.7 Å². The summed E-state index contributed by atoms with van der Waals surface area (Å²) in [5, 5.41) is 5.57. The van der Waals surface area contributed by atoms with Gasteiger partial charge in [-0.05, 0) is 45.0 Å². The van der Waals surface area contributed by atoms with Gasteiger partial charge in [0.15, 0.2) is 0 Å². The fourth-order valence-electron chi connectivity index (χ4n) is 3.51. The van der Waals surface area contributed by atoms with Crippen molar-refractivity contribution in [3.63, 3.8) is 0 Å². The second-order valence-electron chi connectivity index (χ2n) is 7.26. The maximum Gasteiger partial charge on any atom is 0.227 e. The Bertz CT molecular complexity index is 1080. The van der Waals surface area contributed by atoms with Crippen LogP contribution in [0, 0.1) is 13.8 Å². The summed E-state index contributed by atoms with van der Waals surface area (Å²) in [4.78, 5) is 14.8. The Kier molecular flexibility index (Phi) is 6.74. The van der Waals surface area contributed by atoms with Crippen LogP contribution in [-0.2, 0) is 11.2 Å². The highest BCUT2D eigenvalue weighted by Gasteiger charge is 2.23. The van der Waals surface area contributed by atoms with Crippen molar-refractivity contribution < 1.29 is 9.53 Å². The summed E-state index contributed by atoms with van der Waals surface area (Å²) in [5.41, 5.74) is 4.39. The van der Waals surface area contributed by atoms with Crippen molar-refractivity contribution in [2.24, 2.45) is 0 Å². The van der Waals surface area contributed by atoms with E-state index in [0.29, 0.717) is 10.0 Å². The summed E-state index contributed by atoms with van der Waals surface area (Å²) in [6.45, 7) is 5.86. The van der Waals surface area contributed by atoms with Crippen molar-refractivity contribution in [3.05, 3.63) is 75.0 Å². The quantitative estimate of drug-likeness (QED) is 0.498. The zero-order valence-electron chi connectivity index (χ0n) is 17.7. The van der Waals surface area contributed by atoms with E-state index in [2.05, 4.69) is 5.10 Å². The highest BCUT2D eigenvalue weighted by Crippen LogP contribution is 2.30. The molecule has 1 aromatic heterocycles. The number of aryl methyl sites for hydroxylation is 1. The number of methoxy groups -OCH3 is 1. The normalized spacial score (nSPS) is 12.0. The third-order valence-corrected chi connectivity index (χ3v) is 6.22. The van der Waals surface area contributed by atoms with Gasteiger partial charge in [-0.1, -0.05) is 41.4 Å². The van der Waals surface area contributed by atoms with Gasteiger partial charge >= 0.3 is 0 Å². The fourth-order valence-corrected chi connectivity index (χ4v) is 3.80. The maximum atomic E-state index is 13.1. The van der Waals surface area contributed by atoms with Crippen LogP contribution in [0.15, 0.2) is 42.5 Å². The van der Waals surface area contributed by atoms with Crippen molar-refractivity contribution in [3.8, 4) is 11.4 Å². The van der Waals surface area contributed by atoms with Crippen molar-refractivity contribution in [2.45, 2.75) is 33.2 Å². The zero-order chi connectivity index (χ0) is 22.0. The number of carbonyl (C=O) groups excluding carboxylic acids is 1. The number of likely N-dealkylation sites (N-methyl/N-ethyl adjacent to an activating group) is 1. The summed E-state index contributed by atoms with van der Waals surface area (Å²) in [5.74, 6) is 0.776. The number of hydrogen-bond donors (Lipinski definition) is 0. The molecule has 0 spiro atoms. The van der Waals surface area contributed by atoms with E-state index in [9.17, 15) is 4.79 Å². The van der Waals surface area contributed by atoms with Gasteiger partial charge in [-0.25, -0.2) is 4.68 Å². The molecule has 3 rings (SSSR count). The topological polar surface area (TPSA) is 47.4 Å². The van der Waals surface area contributed by atoms with Crippen LogP contribution in [0.4, 0.5) is 0 Å². The minimum Gasteiger partial charge on any atom is -0.496 e. The molecule has 7 heteroatoms. The van der Waals surface area contributed by atoms with Crippen molar-refractivity contribution in [1.29, 1.82) is 0 Å². The number of rotatable bonds is 6. The van der Waals surface area contributed by atoms with E-state index in [-0.39, 0.29) is 18.4 Å². The molecule has 0 aliphatic carbocycles. The average molecular weight is 446 g/mol. The zero-order valence-corrected chi connectivity index (χ0v) is 19.3. The lowest BCUT2D eigenvalue weighted by Crippen LogP contribution is -2.31. The molecule has 0 aliphatic heterocycles. The van der Waals surface area contributed by atoms with Gasteiger partial charge in [0, 0.05) is 23.9 Å². The van der Waals surface area contributed by atoms with Crippen molar-refractivity contribution in [2.75, 3.05) is 14.2 Å². The van der Waals surface area contributed by atoms with Gasteiger partial charge in [0.05, 0.1) is 41.0 Å². The van der Waals surface area contributed by atoms with Crippen LogP contribution in [-0.4, -0.2) is 34.7 Å².